The first-order valence-electron chi connectivity index (χ1n) is 5.36. The highest BCUT2D eigenvalue weighted by molar-refractivity contribution is 7.92. The van der Waals surface area contributed by atoms with Crippen LogP contribution in [0.1, 0.15) is 6.92 Å². The van der Waals surface area contributed by atoms with Crippen LogP contribution in [0.25, 0.3) is 0 Å². The number of carbonyl (C=O) groups is 1. The Morgan fingerprint density at radius 2 is 2.11 bits per heavy atom. The third-order valence-corrected chi connectivity index (χ3v) is 4.99. The number of anilines is 1. The van der Waals surface area contributed by atoms with E-state index >= 15 is 0 Å². The van der Waals surface area contributed by atoms with Gasteiger partial charge >= 0.3 is 0 Å². The molecule has 1 aromatic rings. The summed E-state index contributed by atoms with van der Waals surface area (Å²) in [7, 11) is -3.55. The zero-order valence-electron chi connectivity index (χ0n) is 10.2. The van der Waals surface area contributed by atoms with Crippen LogP contribution >= 0.6 is 23.2 Å². The van der Waals surface area contributed by atoms with E-state index in [-0.39, 0.29) is 10.8 Å². The molecule has 0 heterocycles. The molecule has 1 atom stereocenters. The summed E-state index contributed by atoms with van der Waals surface area (Å²) in [6.45, 7) is 4.67. The van der Waals surface area contributed by atoms with Crippen molar-refractivity contribution in [3.63, 3.8) is 0 Å². The molecule has 0 aliphatic carbocycles. The fraction of sp³-hybridized carbons (Fsp3) is 0.250. The Balaban J connectivity index is 2.88. The molecule has 0 spiro atoms. The molecule has 4 nitrogen and oxygen atoms in total. The first-order chi connectivity index (χ1) is 8.77. The van der Waals surface area contributed by atoms with Gasteiger partial charge in [-0.3, -0.25) is 4.79 Å². The van der Waals surface area contributed by atoms with Crippen molar-refractivity contribution in [2.75, 3.05) is 11.1 Å². The maximum absolute atomic E-state index is 11.9. The van der Waals surface area contributed by atoms with Gasteiger partial charge < -0.3 is 5.32 Å². The normalized spacial score (nSPS) is 12.8. The van der Waals surface area contributed by atoms with E-state index < -0.39 is 21.0 Å². The minimum Gasteiger partial charge on any atom is -0.324 e. The van der Waals surface area contributed by atoms with E-state index in [2.05, 4.69) is 11.9 Å². The topological polar surface area (TPSA) is 63.2 Å². The van der Waals surface area contributed by atoms with E-state index in [9.17, 15) is 13.2 Å². The van der Waals surface area contributed by atoms with Crippen LogP contribution in [0.5, 0.6) is 0 Å². The van der Waals surface area contributed by atoms with Crippen LogP contribution in [-0.4, -0.2) is 25.3 Å². The van der Waals surface area contributed by atoms with Crippen molar-refractivity contribution >= 4 is 44.6 Å². The molecule has 7 heteroatoms. The van der Waals surface area contributed by atoms with Crippen LogP contribution in [-0.2, 0) is 14.6 Å². The van der Waals surface area contributed by atoms with Crippen LogP contribution in [0.2, 0.25) is 10.0 Å². The number of nitrogens with one attached hydrogen (secondary N) is 1. The van der Waals surface area contributed by atoms with Crippen LogP contribution in [0.15, 0.2) is 30.9 Å². The molecule has 1 aromatic carbocycles. The maximum atomic E-state index is 11.9. The number of hydrogen-bond donors (Lipinski definition) is 1. The first kappa shape index (κ1) is 16.0. The van der Waals surface area contributed by atoms with E-state index in [1.54, 1.807) is 6.07 Å². The summed E-state index contributed by atoms with van der Waals surface area (Å²) in [6.07, 6.45) is 1.24. The molecule has 0 aliphatic rings. The quantitative estimate of drug-likeness (QED) is 0.848. The molecule has 0 aliphatic heterocycles. The zero-order valence-corrected chi connectivity index (χ0v) is 12.5. The van der Waals surface area contributed by atoms with Gasteiger partial charge in [0, 0.05) is 5.02 Å². The second-order valence-electron chi connectivity index (χ2n) is 3.87. The van der Waals surface area contributed by atoms with Gasteiger partial charge in [0.25, 0.3) is 0 Å². The number of benzene rings is 1. The second kappa shape index (κ2) is 6.41. The average Bonchev–Trinajstić information content (AvgIpc) is 2.31. The minimum atomic E-state index is -3.55. The molecule has 1 rings (SSSR count). The summed E-state index contributed by atoms with van der Waals surface area (Å²) in [5.41, 5.74) is 0.316. The Morgan fingerprint density at radius 3 is 2.63 bits per heavy atom. The Kier molecular flexibility index (Phi) is 5.40. The molecular formula is C12H13Cl2NO3S. The lowest BCUT2D eigenvalue weighted by molar-refractivity contribution is -0.115. The third kappa shape index (κ3) is 4.23. The summed E-state index contributed by atoms with van der Waals surface area (Å²) in [6, 6.07) is 4.52. The van der Waals surface area contributed by atoms with E-state index in [1.165, 1.54) is 25.1 Å². The fourth-order valence-electron chi connectivity index (χ4n) is 1.30. The van der Waals surface area contributed by atoms with Gasteiger partial charge in [-0.15, -0.1) is 6.58 Å². The lowest BCUT2D eigenvalue weighted by atomic mass is 10.3. The molecule has 0 saturated heterocycles. The van der Waals surface area contributed by atoms with Crippen molar-refractivity contribution in [2.24, 2.45) is 0 Å². The summed E-state index contributed by atoms with van der Waals surface area (Å²) in [5.74, 6) is -0.901. The number of halogens is 2. The predicted octanol–water partition coefficient (Wildman–Crippen LogP) is 2.92. The van der Waals surface area contributed by atoms with Gasteiger partial charge in [0.2, 0.25) is 5.91 Å². The average molecular weight is 322 g/mol. The van der Waals surface area contributed by atoms with Crippen molar-refractivity contribution in [1.29, 1.82) is 0 Å². The Morgan fingerprint density at radius 1 is 1.47 bits per heavy atom. The molecular weight excluding hydrogens is 309 g/mol. The highest BCUT2D eigenvalue weighted by Gasteiger charge is 2.27. The van der Waals surface area contributed by atoms with Gasteiger partial charge in [0.05, 0.1) is 16.5 Å². The van der Waals surface area contributed by atoms with E-state index in [0.29, 0.717) is 10.7 Å². The molecule has 1 amide bonds. The molecule has 104 valence electrons. The number of hydrogen-bond acceptors (Lipinski definition) is 3. The summed E-state index contributed by atoms with van der Waals surface area (Å²) >= 11 is 11.6. The third-order valence-electron chi connectivity index (χ3n) is 2.45. The van der Waals surface area contributed by atoms with Crippen molar-refractivity contribution in [2.45, 2.75) is 12.2 Å². The van der Waals surface area contributed by atoms with E-state index in [1.807, 2.05) is 0 Å². The van der Waals surface area contributed by atoms with E-state index in [0.717, 1.165) is 0 Å². The minimum absolute atomic E-state index is 0.245. The molecule has 0 saturated carbocycles. The monoisotopic (exact) mass is 321 g/mol. The van der Waals surface area contributed by atoms with Crippen LogP contribution in [0.3, 0.4) is 0 Å². The number of sulfone groups is 1. The van der Waals surface area contributed by atoms with Crippen LogP contribution in [0.4, 0.5) is 5.69 Å². The summed E-state index contributed by atoms with van der Waals surface area (Å²) in [4.78, 5) is 11.9. The van der Waals surface area contributed by atoms with Crippen molar-refractivity contribution in [3.8, 4) is 0 Å². The Hall–Kier alpha value is -1.04. The summed E-state index contributed by atoms with van der Waals surface area (Å²) in [5, 5.41) is 1.95. The molecule has 0 bridgehead atoms. The largest absolute Gasteiger partial charge is 0.324 e. The van der Waals surface area contributed by atoms with Crippen LogP contribution < -0.4 is 5.32 Å². The Labute approximate surface area is 122 Å². The SMILES string of the molecule is C=CCS(=O)(=O)C(C)C(=O)Nc1ccc(Cl)cc1Cl. The Bertz CT molecular complexity index is 599. The van der Waals surface area contributed by atoms with Gasteiger partial charge in [-0.05, 0) is 25.1 Å². The lowest BCUT2D eigenvalue weighted by Gasteiger charge is -2.13. The standard InChI is InChI=1S/C12H13Cl2NO3S/c1-3-6-19(17,18)8(2)12(16)15-11-5-4-9(13)7-10(11)14/h3-5,7-8H,1,6H2,2H3,(H,15,16). The molecule has 19 heavy (non-hydrogen) atoms. The van der Waals surface area contributed by atoms with Gasteiger partial charge in [0.1, 0.15) is 5.25 Å². The molecule has 0 fully saturated rings. The number of carbonyl (C=O) groups excluding carboxylic acids is 1. The van der Waals surface area contributed by atoms with Crippen molar-refractivity contribution in [1.82, 2.24) is 0 Å². The molecule has 1 N–H and O–H groups in total. The molecule has 0 radical (unpaired) electrons. The van der Waals surface area contributed by atoms with Crippen molar-refractivity contribution < 1.29 is 13.2 Å². The number of amides is 1. The van der Waals surface area contributed by atoms with Gasteiger partial charge in [-0.1, -0.05) is 29.3 Å². The molecule has 0 aromatic heterocycles. The zero-order chi connectivity index (χ0) is 14.6. The summed E-state index contributed by atoms with van der Waals surface area (Å²) < 4.78 is 23.4. The molecule has 1 unspecified atom stereocenters. The predicted molar refractivity (Wildman–Crippen MR) is 78.5 cm³/mol. The van der Waals surface area contributed by atoms with Gasteiger partial charge in [-0.2, -0.15) is 0 Å². The van der Waals surface area contributed by atoms with E-state index in [4.69, 9.17) is 23.2 Å². The lowest BCUT2D eigenvalue weighted by Crippen LogP contribution is -2.33. The fourth-order valence-corrected chi connectivity index (χ4v) is 2.75. The van der Waals surface area contributed by atoms with Gasteiger partial charge in [0.15, 0.2) is 9.84 Å². The van der Waals surface area contributed by atoms with Gasteiger partial charge in [-0.25, -0.2) is 8.42 Å². The maximum Gasteiger partial charge on any atom is 0.242 e. The van der Waals surface area contributed by atoms with Crippen molar-refractivity contribution in [3.05, 3.63) is 40.9 Å². The number of rotatable bonds is 5. The van der Waals surface area contributed by atoms with Crippen LogP contribution in [0, 0.1) is 0 Å². The second-order valence-corrected chi connectivity index (χ2v) is 7.08. The first-order valence-corrected chi connectivity index (χ1v) is 7.83. The highest BCUT2D eigenvalue weighted by Crippen LogP contribution is 2.25. The smallest absolute Gasteiger partial charge is 0.242 e. The highest BCUT2D eigenvalue weighted by atomic mass is 35.5.